The second-order valence-corrected chi connectivity index (χ2v) is 6.70. The number of halogens is 1. The quantitative estimate of drug-likeness (QED) is 0.717. The van der Waals surface area contributed by atoms with Crippen LogP contribution in [-0.2, 0) is 21.2 Å². The van der Waals surface area contributed by atoms with Crippen LogP contribution in [0.25, 0.3) is 0 Å². The Balaban J connectivity index is 2.22. The SMILES string of the molecule is N=Cc1ccc(NC(=O)Cc2ccccc2Cl)cc1S(N)(=O)=O. The Hall–Kier alpha value is -2.22. The second kappa shape index (κ2) is 6.91. The van der Waals surface area contributed by atoms with Gasteiger partial charge in [-0.1, -0.05) is 35.9 Å². The highest BCUT2D eigenvalue weighted by Gasteiger charge is 2.15. The topological polar surface area (TPSA) is 113 Å². The Morgan fingerprint density at radius 3 is 2.57 bits per heavy atom. The van der Waals surface area contributed by atoms with Gasteiger partial charge in [0.25, 0.3) is 0 Å². The zero-order valence-electron chi connectivity index (χ0n) is 11.9. The molecule has 0 unspecified atom stereocenters. The lowest BCUT2D eigenvalue weighted by atomic mass is 10.1. The number of anilines is 1. The van der Waals surface area contributed by atoms with E-state index in [1.54, 1.807) is 24.3 Å². The number of nitrogens with two attached hydrogens (primary N) is 1. The van der Waals surface area contributed by atoms with Crippen LogP contribution >= 0.6 is 11.6 Å². The minimum Gasteiger partial charge on any atom is -0.326 e. The van der Waals surface area contributed by atoms with E-state index in [1.165, 1.54) is 18.2 Å². The number of hydrogen-bond acceptors (Lipinski definition) is 4. The van der Waals surface area contributed by atoms with E-state index in [1.807, 2.05) is 0 Å². The maximum atomic E-state index is 12.1. The van der Waals surface area contributed by atoms with E-state index in [9.17, 15) is 13.2 Å². The molecule has 120 valence electrons. The molecule has 0 radical (unpaired) electrons. The van der Waals surface area contributed by atoms with Gasteiger partial charge in [-0.15, -0.1) is 0 Å². The number of benzene rings is 2. The predicted molar refractivity (Wildman–Crippen MR) is 89.5 cm³/mol. The van der Waals surface area contributed by atoms with Crippen molar-refractivity contribution in [2.75, 3.05) is 5.32 Å². The summed E-state index contributed by atoms with van der Waals surface area (Å²) in [6.07, 6.45) is 0.936. The van der Waals surface area contributed by atoms with Crippen LogP contribution in [0.5, 0.6) is 0 Å². The van der Waals surface area contributed by atoms with Gasteiger partial charge in [0.15, 0.2) is 0 Å². The molecule has 8 heteroatoms. The Labute approximate surface area is 138 Å². The normalized spacial score (nSPS) is 11.0. The fraction of sp³-hybridized carbons (Fsp3) is 0.0667. The molecule has 2 aromatic rings. The van der Waals surface area contributed by atoms with Gasteiger partial charge in [-0.2, -0.15) is 0 Å². The monoisotopic (exact) mass is 351 g/mol. The molecule has 0 bridgehead atoms. The summed E-state index contributed by atoms with van der Waals surface area (Å²) in [5.74, 6) is -0.346. The maximum Gasteiger partial charge on any atom is 0.238 e. The van der Waals surface area contributed by atoms with E-state index >= 15 is 0 Å². The number of sulfonamides is 1. The Morgan fingerprint density at radius 1 is 1.26 bits per heavy atom. The zero-order valence-corrected chi connectivity index (χ0v) is 13.5. The van der Waals surface area contributed by atoms with Crippen LogP contribution in [0, 0.1) is 5.41 Å². The van der Waals surface area contributed by atoms with Crippen LogP contribution in [0.4, 0.5) is 5.69 Å². The summed E-state index contributed by atoms with van der Waals surface area (Å²) in [6, 6.07) is 11.1. The van der Waals surface area contributed by atoms with Crippen LogP contribution in [0.1, 0.15) is 11.1 Å². The van der Waals surface area contributed by atoms with Crippen LogP contribution < -0.4 is 10.5 Å². The van der Waals surface area contributed by atoms with Gasteiger partial charge in [0.05, 0.1) is 11.3 Å². The van der Waals surface area contributed by atoms with Crippen molar-refractivity contribution in [1.29, 1.82) is 5.41 Å². The van der Waals surface area contributed by atoms with Crippen molar-refractivity contribution in [2.24, 2.45) is 5.14 Å². The highest BCUT2D eigenvalue weighted by Crippen LogP contribution is 2.20. The molecule has 23 heavy (non-hydrogen) atoms. The molecule has 1 amide bonds. The summed E-state index contributed by atoms with van der Waals surface area (Å²) >= 11 is 6.00. The molecule has 0 aromatic heterocycles. The van der Waals surface area contributed by atoms with Crippen molar-refractivity contribution in [3.63, 3.8) is 0 Å². The summed E-state index contributed by atoms with van der Waals surface area (Å²) in [6.45, 7) is 0. The van der Waals surface area contributed by atoms with E-state index in [0.29, 0.717) is 10.6 Å². The lowest BCUT2D eigenvalue weighted by Gasteiger charge is -2.09. The van der Waals surface area contributed by atoms with Crippen LogP contribution in [0.3, 0.4) is 0 Å². The smallest absolute Gasteiger partial charge is 0.238 e. The lowest BCUT2D eigenvalue weighted by Crippen LogP contribution is -2.17. The van der Waals surface area contributed by atoms with Crippen molar-refractivity contribution in [3.05, 3.63) is 58.6 Å². The van der Waals surface area contributed by atoms with Gasteiger partial charge in [0.1, 0.15) is 0 Å². The molecule has 0 aliphatic carbocycles. The number of carbonyl (C=O) groups is 1. The third-order valence-electron chi connectivity index (χ3n) is 3.07. The van der Waals surface area contributed by atoms with Crippen molar-refractivity contribution in [2.45, 2.75) is 11.3 Å². The molecule has 0 saturated carbocycles. The van der Waals surface area contributed by atoms with E-state index in [0.717, 1.165) is 6.21 Å². The van der Waals surface area contributed by atoms with Crippen LogP contribution in [0.2, 0.25) is 5.02 Å². The van der Waals surface area contributed by atoms with E-state index in [4.69, 9.17) is 22.1 Å². The molecule has 0 aliphatic rings. The van der Waals surface area contributed by atoms with Crippen LogP contribution in [0.15, 0.2) is 47.4 Å². The first kappa shape index (κ1) is 17.1. The largest absolute Gasteiger partial charge is 0.326 e. The molecule has 0 heterocycles. The second-order valence-electron chi connectivity index (χ2n) is 4.76. The number of rotatable bonds is 5. The average molecular weight is 352 g/mol. The third kappa shape index (κ3) is 4.38. The molecule has 4 N–H and O–H groups in total. The number of nitrogens with one attached hydrogen (secondary N) is 2. The molecule has 0 spiro atoms. The standard InChI is InChI=1S/C15H14ClN3O3S/c16-13-4-2-1-3-10(13)7-15(20)19-12-6-5-11(9-17)14(8-12)23(18,21)22/h1-6,8-9,17H,7H2,(H,19,20)(H2,18,21,22). The van der Waals surface area contributed by atoms with Gasteiger partial charge in [0.2, 0.25) is 15.9 Å². The number of carbonyl (C=O) groups excluding carboxylic acids is 1. The van der Waals surface area contributed by atoms with Gasteiger partial charge >= 0.3 is 0 Å². The van der Waals surface area contributed by atoms with Crippen molar-refractivity contribution < 1.29 is 13.2 Å². The summed E-state index contributed by atoms with van der Waals surface area (Å²) < 4.78 is 23.1. The molecule has 2 rings (SSSR count). The predicted octanol–water partition coefficient (Wildman–Crippen LogP) is 2.17. The summed E-state index contributed by atoms with van der Waals surface area (Å²) in [5, 5.41) is 15.4. The molecule has 2 aromatic carbocycles. The number of hydrogen-bond donors (Lipinski definition) is 3. The third-order valence-corrected chi connectivity index (χ3v) is 4.40. The van der Waals surface area contributed by atoms with Gasteiger partial charge in [-0.3, -0.25) is 4.79 Å². The first-order chi connectivity index (χ1) is 10.8. The minimum atomic E-state index is -3.99. The highest BCUT2D eigenvalue weighted by molar-refractivity contribution is 7.89. The fourth-order valence-corrected chi connectivity index (χ4v) is 2.95. The summed E-state index contributed by atoms with van der Waals surface area (Å²) in [5.41, 5.74) is 1.09. The Morgan fingerprint density at radius 2 is 1.96 bits per heavy atom. The summed E-state index contributed by atoms with van der Waals surface area (Å²) in [4.78, 5) is 11.8. The number of amides is 1. The van der Waals surface area contributed by atoms with Gasteiger partial charge in [0, 0.05) is 22.5 Å². The first-order valence-corrected chi connectivity index (χ1v) is 8.44. The number of primary sulfonamides is 1. The highest BCUT2D eigenvalue weighted by atomic mass is 35.5. The first-order valence-electron chi connectivity index (χ1n) is 6.52. The van der Waals surface area contributed by atoms with Crippen LogP contribution in [-0.4, -0.2) is 20.5 Å². The lowest BCUT2D eigenvalue weighted by molar-refractivity contribution is -0.115. The van der Waals surface area contributed by atoms with Crippen molar-refractivity contribution in [1.82, 2.24) is 0 Å². The minimum absolute atomic E-state index is 0.0523. The molecule has 0 aliphatic heterocycles. The molecular weight excluding hydrogens is 338 g/mol. The Kier molecular flexibility index (Phi) is 5.15. The average Bonchev–Trinajstić information content (AvgIpc) is 2.48. The Bertz CT molecular complexity index is 866. The van der Waals surface area contributed by atoms with Crippen molar-refractivity contribution >= 4 is 39.4 Å². The van der Waals surface area contributed by atoms with Crippen molar-refractivity contribution in [3.8, 4) is 0 Å². The molecular formula is C15H14ClN3O3S. The van der Waals surface area contributed by atoms with Gasteiger partial charge in [-0.05, 0) is 23.8 Å². The van der Waals surface area contributed by atoms with Gasteiger partial charge in [-0.25, -0.2) is 13.6 Å². The van der Waals surface area contributed by atoms with Gasteiger partial charge < -0.3 is 10.7 Å². The summed E-state index contributed by atoms with van der Waals surface area (Å²) in [7, 11) is -3.99. The maximum absolute atomic E-state index is 12.1. The van der Waals surface area contributed by atoms with E-state index < -0.39 is 10.0 Å². The molecule has 0 saturated heterocycles. The van der Waals surface area contributed by atoms with E-state index in [2.05, 4.69) is 5.32 Å². The fourth-order valence-electron chi connectivity index (χ4n) is 2.00. The molecule has 0 atom stereocenters. The van der Waals surface area contributed by atoms with E-state index in [-0.39, 0.29) is 28.5 Å². The zero-order chi connectivity index (χ0) is 17.0. The molecule has 0 fully saturated rings. The molecule has 6 nitrogen and oxygen atoms in total.